The molecule has 0 aromatic heterocycles. The van der Waals surface area contributed by atoms with Crippen molar-refractivity contribution in [1.29, 1.82) is 0 Å². The second-order valence-corrected chi connectivity index (χ2v) is 7.46. The monoisotopic (exact) mass is 278 g/mol. The third kappa shape index (κ3) is 6.03. The third-order valence-corrected chi connectivity index (χ3v) is 4.64. The molecule has 1 heteroatoms. The molecule has 1 rings (SSSR count). The molecule has 0 saturated carbocycles. The molecule has 1 aliphatic carbocycles. The fraction of sp³-hybridized carbons (Fsp3) is 0.667. The van der Waals surface area contributed by atoms with Gasteiger partial charge in [0.25, 0.3) is 0 Å². The highest BCUT2D eigenvalue weighted by Gasteiger charge is 2.16. The normalized spacial score (nSPS) is 20.6. The summed E-state index contributed by atoms with van der Waals surface area (Å²) < 4.78 is 0. The minimum atomic E-state index is 0.330. The highest BCUT2D eigenvalue weighted by molar-refractivity contribution is 7.98. The maximum atomic E-state index is 2.37. The molecule has 108 valence electrons. The predicted molar refractivity (Wildman–Crippen MR) is 90.8 cm³/mol. The molecule has 1 unspecified atom stereocenters. The van der Waals surface area contributed by atoms with Gasteiger partial charge in [-0.1, -0.05) is 56.2 Å². The first-order chi connectivity index (χ1) is 8.97. The molecule has 0 aromatic rings. The first-order valence-electron chi connectivity index (χ1n) is 7.48. The second kappa shape index (κ2) is 7.99. The summed E-state index contributed by atoms with van der Waals surface area (Å²) in [5, 5.41) is 0. The molecule has 0 aromatic carbocycles. The summed E-state index contributed by atoms with van der Waals surface area (Å²) in [7, 11) is 0. The average molecular weight is 279 g/mol. The van der Waals surface area contributed by atoms with Gasteiger partial charge in [0.05, 0.1) is 0 Å². The first kappa shape index (κ1) is 16.6. The summed E-state index contributed by atoms with van der Waals surface area (Å²) in [4.78, 5) is 0. The Morgan fingerprint density at radius 1 is 1.42 bits per heavy atom. The van der Waals surface area contributed by atoms with E-state index in [0.717, 1.165) is 5.92 Å². The van der Waals surface area contributed by atoms with E-state index in [1.165, 1.54) is 31.4 Å². The van der Waals surface area contributed by atoms with Gasteiger partial charge in [-0.05, 0) is 55.9 Å². The van der Waals surface area contributed by atoms with Crippen molar-refractivity contribution < 1.29 is 0 Å². The Hall–Kier alpha value is -0.430. The van der Waals surface area contributed by atoms with E-state index in [0.29, 0.717) is 5.41 Å². The van der Waals surface area contributed by atoms with Crippen molar-refractivity contribution in [3.05, 3.63) is 35.5 Å². The highest BCUT2D eigenvalue weighted by Crippen LogP contribution is 2.31. The van der Waals surface area contributed by atoms with Crippen molar-refractivity contribution >= 4 is 11.8 Å². The molecule has 0 heterocycles. The van der Waals surface area contributed by atoms with E-state index in [-0.39, 0.29) is 0 Å². The standard InChI is InChI=1S/C18H30S/c1-6-17(18(2,3)4)12-8-10-15-9-7-11-16(13-15)14-19-5/h6-7,9,11,16H,8,10,12-14H2,1-5H3/b17-6+. The van der Waals surface area contributed by atoms with Gasteiger partial charge in [0, 0.05) is 0 Å². The Kier molecular flexibility index (Phi) is 6.99. The van der Waals surface area contributed by atoms with Gasteiger partial charge in [-0.3, -0.25) is 0 Å². The zero-order valence-electron chi connectivity index (χ0n) is 13.3. The van der Waals surface area contributed by atoms with E-state index in [4.69, 9.17) is 0 Å². The number of allylic oxidation sites excluding steroid dienone is 6. The van der Waals surface area contributed by atoms with Crippen LogP contribution in [-0.4, -0.2) is 12.0 Å². The fourth-order valence-electron chi connectivity index (χ4n) is 2.79. The van der Waals surface area contributed by atoms with Crippen LogP contribution >= 0.6 is 11.8 Å². The van der Waals surface area contributed by atoms with E-state index >= 15 is 0 Å². The van der Waals surface area contributed by atoms with Gasteiger partial charge < -0.3 is 0 Å². The summed E-state index contributed by atoms with van der Waals surface area (Å²) in [6.07, 6.45) is 16.6. The lowest BCUT2D eigenvalue weighted by atomic mass is 9.82. The summed E-state index contributed by atoms with van der Waals surface area (Å²) in [5.74, 6) is 2.02. The molecule has 0 fully saturated rings. The SMILES string of the molecule is C/C=C(\CCCC1=CC=CC(CSC)C1)C(C)(C)C. The van der Waals surface area contributed by atoms with Crippen LogP contribution in [0.1, 0.15) is 53.4 Å². The van der Waals surface area contributed by atoms with Crippen molar-refractivity contribution in [1.82, 2.24) is 0 Å². The van der Waals surface area contributed by atoms with Crippen LogP contribution in [0.5, 0.6) is 0 Å². The largest absolute Gasteiger partial charge is 0.165 e. The van der Waals surface area contributed by atoms with Crippen molar-refractivity contribution in [2.45, 2.75) is 53.4 Å². The Labute approximate surface area is 124 Å². The van der Waals surface area contributed by atoms with Crippen molar-refractivity contribution in [2.24, 2.45) is 11.3 Å². The lowest BCUT2D eigenvalue weighted by Crippen LogP contribution is -2.10. The minimum Gasteiger partial charge on any atom is -0.165 e. The number of hydrogen-bond donors (Lipinski definition) is 0. The Morgan fingerprint density at radius 3 is 2.74 bits per heavy atom. The average Bonchev–Trinajstić information content (AvgIpc) is 2.34. The van der Waals surface area contributed by atoms with Crippen LogP contribution in [0.3, 0.4) is 0 Å². The van der Waals surface area contributed by atoms with E-state index < -0.39 is 0 Å². The summed E-state index contributed by atoms with van der Waals surface area (Å²) >= 11 is 1.96. The van der Waals surface area contributed by atoms with Gasteiger partial charge in [-0.2, -0.15) is 11.8 Å². The molecule has 0 nitrogen and oxygen atoms in total. The molecule has 0 N–H and O–H groups in total. The molecule has 0 amide bonds. The van der Waals surface area contributed by atoms with E-state index in [2.05, 4.69) is 58.3 Å². The smallest absolute Gasteiger partial charge is 0.000404 e. The summed E-state index contributed by atoms with van der Waals surface area (Å²) in [6.45, 7) is 9.13. The van der Waals surface area contributed by atoms with Gasteiger partial charge in [-0.15, -0.1) is 0 Å². The number of thioether (sulfide) groups is 1. The summed E-state index contributed by atoms with van der Waals surface area (Å²) in [6, 6.07) is 0. The predicted octanol–water partition coefficient (Wildman–Crippen LogP) is 6.01. The topological polar surface area (TPSA) is 0 Å². The van der Waals surface area contributed by atoms with Crippen LogP contribution < -0.4 is 0 Å². The van der Waals surface area contributed by atoms with Crippen LogP contribution in [0.25, 0.3) is 0 Å². The van der Waals surface area contributed by atoms with E-state index in [1.807, 2.05) is 11.8 Å². The van der Waals surface area contributed by atoms with Crippen molar-refractivity contribution in [2.75, 3.05) is 12.0 Å². The van der Waals surface area contributed by atoms with Gasteiger partial charge in [-0.25, -0.2) is 0 Å². The minimum absolute atomic E-state index is 0.330. The maximum Gasteiger partial charge on any atom is -0.000404 e. The molecule has 0 aliphatic heterocycles. The molecule has 1 atom stereocenters. The van der Waals surface area contributed by atoms with Gasteiger partial charge in [0.1, 0.15) is 0 Å². The van der Waals surface area contributed by atoms with Crippen LogP contribution in [0.4, 0.5) is 0 Å². The Bertz CT molecular complexity index is 352. The molecular weight excluding hydrogens is 248 g/mol. The molecular formula is C18H30S. The number of rotatable bonds is 6. The zero-order chi connectivity index (χ0) is 14.3. The molecule has 0 radical (unpaired) electrons. The third-order valence-electron chi connectivity index (χ3n) is 3.88. The van der Waals surface area contributed by atoms with Crippen LogP contribution in [0, 0.1) is 11.3 Å². The maximum absolute atomic E-state index is 2.37. The van der Waals surface area contributed by atoms with Crippen LogP contribution in [-0.2, 0) is 0 Å². The summed E-state index contributed by atoms with van der Waals surface area (Å²) in [5.41, 5.74) is 3.57. The Balaban J connectivity index is 2.38. The highest BCUT2D eigenvalue weighted by atomic mass is 32.2. The van der Waals surface area contributed by atoms with Crippen LogP contribution in [0.15, 0.2) is 35.5 Å². The van der Waals surface area contributed by atoms with Gasteiger partial charge >= 0.3 is 0 Å². The molecule has 0 bridgehead atoms. The van der Waals surface area contributed by atoms with Crippen molar-refractivity contribution in [3.8, 4) is 0 Å². The van der Waals surface area contributed by atoms with E-state index in [9.17, 15) is 0 Å². The lowest BCUT2D eigenvalue weighted by Gasteiger charge is -2.24. The molecule has 1 aliphatic rings. The molecule has 0 spiro atoms. The van der Waals surface area contributed by atoms with Gasteiger partial charge in [0.2, 0.25) is 0 Å². The van der Waals surface area contributed by atoms with Crippen LogP contribution in [0.2, 0.25) is 0 Å². The van der Waals surface area contributed by atoms with Crippen molar-refractivity contribution in [3.63, 3.8) is 0 Å². The first-order valence-corrected chi connectivity index (χ1v) is 8.87. The zero-order valence-corrected chi connectivity index (χ0v) is 14.1. The second-order valence-electron chi connectivity index (χ2n) is 6.55. The molecule has 0 saturated heterocycles. The Morgan fingerprint density at radius 2 is 2.16 bits per heavy atom. The quantitative estimate of drug-likeness (QED) is 0.536. The van der Waals surface area contributed by atoms with E-state index in [1.54, 1.807) is 11.1 Å². The number of hydrogen-bond acceptors (Lipinski definition) is 1. The fourth-order valence-corrected chi connectivity index (χ4v) is 3.45. The van der Waals surface area contributed by atoms with Gasteiger partial charge in [0.15, 0.2) is 0 Å². The lowest BCUT2D eigenvalue weighted by molar-refractivity contribution is 0.474. The molecule has 19 heavy (non-hydrogen) atoms.